The number of likely N-dealkylation sites (tertiary alicyclic amines) is 1. The number of nitrogens with one attached hydrogen (secondary N) is 2. The van der Waals surface area contributed by atoms with Gasteiger partial charge >= 0.3 is 0 Å². The van der Waals surface area contributed by atoms with Gasteiger partial charge < -0.3 is 41.1 Å². The van der Waals surface area contributed by atoms with Gasteiger partial charge in [-0.1, -0.05) is 69.3 Å². The number of rotatable bonds is 15. The third-order valence-corrected chi connectivity index (χ3v) is 12.8. The second-order valence-electron chi connectivity index (χ2n) is 17.6. The molecule has 2 aromatic heterocycles. The summed E-state index contributed by atoms with van der Waals surface area (Å²) < 4.78 is 5.92. The number of aryl methyl sites for hydroxylation is 1. The molecule has 7 rings (SSSR count). The van der Waals surface area contributed by atoms with Gasteiger partial charge in [0.1, 0.15) is 23.5 Å². The highest BCUT2D eigenvalue weighted by atomic mass is 32.1. The molecule has 5 aromatic rings. The minimum Gasteiger partial charge on any atom is -0.507 e. The van der Waals surface area contributed by atoms with Crippen molar-refractivity contribution < 1.29 is 34.1 Å². The normalized spacial score (nSPS) is 17.1. The van der Waals surface area contributed by atoms with E-state index in [1.165, 1.54) is 4.90 Å². The van der Waals surface area contributed by atoms with Gasteiger partial charge in [-0.15, -0.1) is 21.5 Å². The van der Waals surface area contributed by atoms with Crippen LogP contribution >= 0.6 is 11.3 Å². The van der Waals surface area contributed by atoms with Gasteiger partial charge in [0.15, 0.2) is 11.6 Å². The van der Waals surface area contributed by atoms with Gasteiger partial charge in [0.25, 0.3) is 5.91 Å². The van der Waals surface area contributed by atoms with Gasteiger partial charge in [0.2, 0.25) is 17.7 Å². The molecule has 0 saturated carbocycles. The summed E-state index contributed by atoms with van der Waals surface area (Å²) in [6.45, 7) is 10.8. The standard InChI is InChI=1S/C48H57N9O7S/c1-30-42(65-29-51-30)33-13-11-32(12-14-33)27-50-45(61)38-25-35(58)28-57(38)47(63)43(48(2,3)4)52-41(60)17-19-55-20-22-56(23-21-55)46(62)34-15-9-31(10-16-34)18-24-64-40-26-37(53-54-44(40)49)36-7-5-6-8-39(36)59/h5-16,26,29,35,38,43,58-59H,17-25,27-28H2,1-4H3,(H2,49,54)(H,50,61)(H,52,60)/t35-,38+,43-/m1/s1. The smallest absolute Gasteiger partial charge is 0.253 e. The molecule has 4 heterocycles. The number of para-hydroxylation sites is 1. The number of β-amino-alcohol motifs (C(OH)–C–C–N with tert-alkyl or cyclic N) is 1. The quantitative estimate of drug-likeness (QED) is 0.0986. The highest BCUT2D eigenvalue weighted by Crippen LogP contribution is 2.31. The molecular weight excluding hydrogens is 847 g/mol. The maximum atomic E-state index is 14.1. The fraction of sp³-hybridized carbons (Fsp3) is 0.396. The fourth-order valence-electron chi connectivity index (χ4n) is 8.04. The second kappa shape index (κ2) is 20.6. The van der Waals surface area contributed by atoms with Crippen molar-refractivity contribution in [1.82, 2.24) is 40.5 Å². The number of amides is 4. The van der Waals surface area contributed by atoms with Crippen LogP contribution in [0.4, 0.5) is 5.82 Å². The average Bonchev–Trinajstić information content (AvgIpc) is 3.92. The first-order valence-corrected chi connectivity index (χ1v) is 22.7. The average molecular weight is 904 g/mol. The zero-order valence-corrected chi connectivity index (χ0v) is 38.0. The lowest BCUT2D eigenvalue weighted by molar-refractivity contribution is -0.144. The van der Waals surface area contributed by atoms with Gasteiger partial charge in [-0.2, -0.15) is 0 Å². The van der Waals surface area contributed by atoms with Crippen LogP contribution in [-0.2, 0) is 27.3 Å². The zero-order chi connectivity index (χ0) is 46.3. The predicted octanol–water partition coefficient (Wildman–Crippen LogP) is 4.44. The Morgan fingerprint density at radius 2 is 1.66 bits per heavy atom. The summed E-state index contributed by atoms with van der Waals surface area (Å²) in [6.07, 6.45) is -0.0543. The molecule has 4 amide bonds. The molecule has 16 nitrogen and oxygen atoms in total. The number of hydrogen-bond acceptors (Lipinski definition) is 13. The minimum absolute atomic E-state index is 0.00419. The van der Waals surface area contributed by atoms with E-state index in [2.05, 4.69) is 30.7 Å². The molecule has 6 N–H and O–H groups in total. The Bertz CT molecular complexity index is 2470. The van der Waals surface area contributed by atoms with Crippen LogP contribution in [0.1, 0.15) is 60.8 Å². The molecule has 17 heteroatoms. The lowest BCUT2D eigenvalue weighted by atomic mass is 9.85. The van der Waals surface area contributed by atoms with Gasteiger partial charge in [-0.25, -0.2) is 4.98 Å². The predicted molar refractivity (Wildman–Crippen MR) is 248 cm³/mol. The molecule has 3 aromatic carbocycles. The third kappa shape index (κ3) is 11.6. The molecule has 0 spiro atoms. The summed E-state index contributed by atoms with van der Waals surface area (Å²) in [5.41, 5.74) is 12.6. The summed E-state index contributed by atoms with van der Waals surface area (Å²) in [5, 5.41) is 34.8. The topological polar surface area (TPSA) is 216 Å². The summed E-state index contributed by atoms with van der Waals surface area (Å²) in [5.74, 6) is -0.551. The molecule has 2 saturated heterocycles. The Kier molecular flexibility index (Phi) is 14.8. The van der Waals surface area contributed by atoms with Crippen molar-refractivity contribution in [2.75, 3.05) is 51.6 Å². The van der Waals surface area contributed by atoms with Crippen molar-refractivity contribution in [3.63, 3.8) is 0 Å². The highest BCUT2D eigenvalue weighted by Gasteiger charge is 2.44. The van der Waals surface area contributed by atoms with Crippen molar-refractivity contribution in [3.8, 4) is 33.2 Å². The number of anilines is 1. The van der Waals surface area contributed by atoms with E-state index in [0.717, 1.165) is 27.3 Å². The molecule has 0 aliphatic carbocycles. The SMILES string of the molecule is Cc1ncsc1-c1ccc(CNC(=O)[C@@H]2C[C@@H](O)CN2C(=O)[C@@H](NC(=O)CCN2CCN(C(=O)c3ccc(CCOc4cc(-c5ccccc5O)nnc4N)cc3)CC2)C(C)(C)C)cc1. The summed E-state index contributed by atoms with van der Waals surface area (Å²) >= 11 is 1.57. The van der Waals surface area contributed by atoms with Crippen molar-refractivity contribution in [2.45, 2.75) is 71.7 Å². The van der Waals surface area contributed by atoms with E-state index >= 15 is 0 Å². The summed E-state index contributed by atoms with van der Waals surface area (Å²) in [7, 11) is 0. The van der Waals surface area contributed by atoms with E-state index in [0.29, 0.717) is 68.3 Å². The number of phenols is 1. The number of ether oxygens (including phenoxy) is 1. The van der Waals surface area contributed by atoms with E-state index in [4.69, 9.17) is 10.5 Å². The van der Waals surface area contributed by atoms with E-state index in [1.807, 2.05) is 86.6 Å². The minimum atomic E-state index is -0.923. The Labute approximate surface area is 382 Å². The Balaban J connectivity index is 0.845. The zero-order valence-electron chi connectivity index (χ0n) is 37.2. The lowest BCUT2D eigenvalue weighted by Crippen LogP contribution is -2.58. The van der Waals surface area contributed by atoms with Crippen LogP contribution in [0.3, 0.4) is 0 Å². The number of aliphatic hydroxyl groups excluding tert-OH is 1. The number of aromatic hydroxyl groups is 1. The van der Waals surface area contributed by atoms with Crippen LogP contribution in [0.5, 0.6) is 11.5 Å². The summed E-state index contributed by atoms with van der Waals surface area (Å²) in [6, 6.07) is 22.0. The maximum Gasteiger partial charge on any atom is 0.253 e. The molecule has 0 unspecified atom stereocenters. The number of piperazine rings is 1. The van der Waals surface area contributed by atoms with Gasteiger partial charge in [-0.05, 0) is 53.3 Å². The maximum absolute atomic E-state index is 14.1. The van der Waals surface area contributed by atoms with Gasteiger partial charge in [0.05, 0.1) is 28.8 Å². The first-order chi connectivity index (χ1) is 31.1. The molecule has 342 valence electrons. The van der Waals surface area contributed by atoms with Crippen LogP contribution < -0.4 is 21.1 Å². The lowest BCUT2D eigenvalue weighted by Gasteiger charge is -2.36. The number of nitrogens with two attached hydrogens (primary N) is 1. The van der Waals surface area contributed by atoms with Crippen LogP contribution in [0.2, 0.25) is 0 Å². The van der Waals surface area contributed by atoms with E-state index < -0.39 is 29.5 Å². The number of benzene rings is 3. The van der Waals surface area contributed by atoms with E-state index in [9.17, 15) is 29.4 Å². The molecule has 3 atom stereocenters. The van der Waals surface area contributed by atoms with Crippen LogP contribution in [-0.4, -0.2) is 128 Å². The highest BCUT2D eigenvalue weighted by molar-refractivity contribution is 7.13. The second-order valence-corrected chi connectivity index (χ2v) is 18.5. The van der Waals surface area contributed by atoms with Crippen LogP contribution in [0.25, 0.3) is 21.7 Å². The number of nitrogen functional groups attached to an aromatic ring is 1. The number of aromatic nitrogens is 3. The fourth-order valence-corrected chi connectivity index (χ4v) is 8.86. The number of hydrogen-bond donors (Lipinski definition) is 5. The molecule has 2 aliphatic rings. The van der Waals surface area contributed by atoms with Crippen molar-refractivity contribution in [1.29, 1.82) is 0 Å². The summed E-state index contributed by atoms with van der Waals surface area (Å²) in [4.78, 5) is 65.2. The molecule has 0 radical (unpaired) electrons. The van der Waals surface area contributed by atoms with E-state index in [-0.39, 0.29) is 55.2 Å². The monoisotopic (exact) mass is 903 g/mol. The number of carbonyl (C=O) groups is 4. The number of nitrogens with zero attached hydrogens (tertiary/aromatic N) is 6. The van der Waals surface area contributed by atoms with Crippen LogP contribution in [0, 0.1) is 12.3 Å². The van der Waals surface area contributed by atoms with Crippen molar-refractivity contribution in [3.05, 3.63) is 107 Å². The van der Waals surface area contributed by atoms with Crippen molar-refractivity contribution >= 4 is 40.8 Å². The Hall–Kier alpha value is -6.43. The molecule has 2 fully saturated rings. The number of phenolic OH excluding ortho intramolecular Hbond substituents is 1. The van der Waals surface area contributed by atoms with Gasteiger partial charge in [-0.3, -0.25) is 24.1 Å². The third-order valence-electron chi connectivity index (χ3n) is 11.8. The number of carbonyl (C=O) groups excluding carboxylic acids is 4. The molecule has 0 bridgehead atoms. The van der Waals surface area contributed by atoms with Crippen molar-refractivity contribution in [2.24, 2.45) is 5.41 Å². The van der Waals surface area contributed by atoms with Gasteiger partial charge in [0, 0.05) is 82.3 Å². The number of aliphatic hydroxyl groups is 1. The number of thiazole rings is 1. The largest absolute Gasteiger partial charge is 0.507 e. The molecule has 2 aliphatic heterocycles. The molecule has 65 heavy (non-hydrogen) atoms. The Morgan fingerprint density at radius 3 is 2.34 bits per heavy atom. The van der Waals surface area contributed by atoms with Crippen LogP contribution in [0.15, 0.2) is 84.4 Å². The van der Waals surface area contributed by atoms with E-state index in [1.54, 1.807) is 41.7 Å². The first-order valence-electron chi connectivity index (χ1n) is 21.8. The Morgan fingerprint density at radius 1 is 0.954 bits per heavy atom. The first kappa shape index (κ1) is 46.6. The molecular formula is C48H57N9O7S.